The summed E-state index contributed by atoms with van der Waals surface area (Å²) in [6.07, 6.45) is -8.47. The number of anilines is 1. The van der Waals surface area contributed by atoms with E-state index in [1.807, 2.05) is 4.90 Å². The Morgan fingerprint density at radius 2 is 1.54 bits per heavy atom. The second-order valence-corrected chi connectivity index (χ2v) is 14.0. The summed E-state index contributed by atoms with van der Waals surface area (Å²) in [5.41, 5.74) is -5.62. The molecule has 2 aromatic rings. The first-order chi connectivity index (χ1) is 22.1. The van der Waals surface area contributed by atoms with Gasteiger partial charge in [0.25, 0.3) is 0 Å². The molecule has 0 spiro atoms. The predicted octanol–water partition coefficient (Wildman–Crippen LogP) is 6.27. The van der Waals surface area contributed by atoms with E-state index in [9.17, 15) is 47.9 Å². The lowest BCUT2D eigenvalue weighted by molar-refractivity contribution is -0.143. The van der Waals surface area contributed by atoms with E-state index in [1.54, 1.807) is 6.92 Å². The standard InChI is InChI=1S/C30H33F9N4O4S/c1-19(20-12-22(29(34,35)36)15-23(13-20)30(37,38)39)43(26-40-16-25(17-41-26)47-10-11-48(3,44)45)18-24-14-21(28(31,32)33)4-5-27(24,2)42-6-8-46-9-7-42/h4-5,12-17,19,24H,6-11,18H2,1-3H3. The molecule has 0 radical (unpaired) electrons. The number of halogens is 9. The van der Waals surface area contributed by atoms with Gasteiger partial charge in [-0.2, -0.15) is 39.5 Å². The zero-order valence-corrected chi connectivity index (χ0v) is 26.8. The smallest absolute Gasteiger partial charge is 0.416 e. The molecule has 18 heteroatoms. The van der Waals surface area contributed by atoms with Crippen LogP contribution in [-0.4, -0.2) is 86.5 Å². The zero-order chi connectivity index (χ0) is 35.7. The van der Waals surface area contributed by atoms with Crippen LogP contribution in [0.5, 0.6) is 5.75 Å². The van der Waals surface area contributed by atoms with E-state index in [0.717, 1.165) is 30.8 Å². The van der Waals surface area contributed by atoms with E-state index in [0.29, 0.717) is 38.4 Å². The number of hydrogen-bond donors (Lipinski definition) is 0. The molecule has 1 aromatic carbocycles. The Morgan fingerprint density at radius 1 is 0.979 bits per heavy atom. The van der Waals surface area contributed by atoms with Crippen molar-refractivity contribution in [1.82, 2.24) is 14.9 Å². The Labute approximate surface area is 271 Å². The lowest BCUT2D eigenvalue weighted by Gasteiger charge is -2.48. The summed E-state index contributed by atoms with van der Waals surface area (Å²) < 4.78 is 158. The lowest BCUT2D eigenvalue weighted by atomic mass is 9.77. The third-order valence-corrected chi connectivity index (χ3v) is 9.21. The average Bonchev–Trinajstić information content (AvgIpc) is 2.99. The SMILES string of the molecule is CC(c1cc(C(F)(F)F)cc(C(F)(F)F)c1)N(CC1C=C(C(F)(F)F)C=CC1(C)N1CCOCC1)c1ncc(OCCS(C)(=O)=O)cn1. The van der Waals surface area contributed by atoms with Crippen LogP contribution in [0.4, 0.5) is 45.5 Å². The highest BCUT2D eigenvalue weighted by Gasteiger charge is 2.45. The van der Waals surface area contributed by atoms with Crippen molar-refractivity contribution in [2.24, 2.45) is 5.92 Å². The summed E-state index contributed by atoms with van der Waals surface area (Å²) in [5, 5.41) is 0. The summed E-state index contributed by atoms with van der Waals surface area (Å²) in [6.45, 7) is 3.64. The number of rotatable bonds is 10. The molecule has 1 aromatic heterocycles. The maximum atomic E-state index is 14.0. The van der Waals surface area contributed by atoms with Crippen LogP contribution < -0.4 is 9.64 Å². The average molecular weight is 717 g/mol. The number of benzene rings is 1. The largest absolute Gasteiger partial charge is 0.489 e. The third-order valence-electron chi connectivity index (χ3n) is 8.30. The van der Waals surface area contributed by atoms with Gasteiger partial charge in [-0.25, -0.2) is 18.4 Å². The van der Waals surface area contributed by atoms with E-state index in [1.165, 1.54) is 17.9 Å². The maximum Gasteiger partial charge on any atom is 0.416 e. The molecule has 2 heterocycles. The Hall–Kier alpha value is -3.38. The van der Waals surface area contributed by atoms with Crippen molar-refractivity contribution >= 4 is 15.8 Å². The molecule has 3 unspecified atom stereocenters. The molecule has 3 atom stereocenters. The number of morpholine rings is 1. The molecule has 48 heavy (non-hydrogen) atoms. The summed E-state index contributed by atoms with van der Waals surface area (Å²) >= 11 is 0. The van der Waals surface area contributed by atoms with Gasteiger partial charge in [-0.05, 0) is 37.6 Å². The van der Waals surface area contributed by atoms with Crippen LogP contribution in [0.2, 0.25) is 0 Å². The van der Waals surface area contributed by atoms with Crippen LogP contribution in [0.3, 0.4) is 0 Å². The molecular weight excluding hydrogens is 683 g/mol. The van der Waals surface area contributed by atoms with E-state index in [2.05, 4.69) is 9.97 Å². The number of hydrogen-bond acceptors (Lipinski definition) is 8. The molecule has 2 aliphatic rings. The first kappa shape index (κ1) is 37.4. The fourth-order valence-corrected chi connectivity index (χ4v) is 5.89. The summed E-state index contributed by atoms with van der Waals surface area (Å²) in [7, 11) is -3.37. The lowest BCUT2D eigenvalue weighted by Crippen LogP contribution is -2.57. The molecule has 4 rings (SSSR count). The molecule has 266 valence electrons. The van der Waals surface area contributed by atoms with Gasteiger partial charge in [0, 0.05) is 37.3 Å². The van der Waals surface area contributed by atoms with Crippen LogP contribution in [0.15, 0.2) is 54.4 Å². The summed E-state index contributed by atoms with van der Waals surface area (Å²) in [4.78, 5) is 11.5. The van der Waals surface area contributed by atoms with Crippen molar-refractivity contribution in [3.63, 3.8) is 0 Å². The van der Waals surface area contributed by atoms with Crippen molar-refractivity contribution in [2.45, 2.75) is 44.0 Å². The van der Waals surface area contributed by atoms with E-state index < -0.39 is 68.1 Å². The third kappa shape index (κ3) is 9.19. The number of aromatic nitrogens is 2. The number of allylic oxidation sites excluding steroid dienone is 2. The Bertz CT molecular complexity index is 1570. The van der Waals surface area contributed by atoms with Gasteiger partial charge in [-0.3, -0.25) is 4.90 Å². The molecule has 1 saturated heterocycles. The molecule has 1 aliphatic carbocycles. The molecule has 0 bridgehead atoms. The van der Waals surface area contributed by atoms with Crippen molar-refractivity contribution in [1.29, 1.82) is 0 Å². The van der Waals surface area contributed by atoms with Crippen LogP contribution in [0.25, 0.3) is 0 Å². The molecular formula is C30H33F9N4O4S. The summed E-state index contributed by atoms with van der Waals surface area (Å²) in [5.74, 6) is -1.59. The topological polar surface area (TPSA) is 84.9 Å². The minimum absolute atomic E-state index is 0.00596. The number of ether oxygens (including phenoxy) is 2. The highest BCUT2D eigenvalue weighted by atomic mass is 32.2. The van der Waals surface area contributed by atoms with Crippen LogP contribution >= 0.6 is 0 Å². The van der Waals surface area contributed by atoms with Gasteiger partial charge < -0.3 is 14.4 Å². The van der Waals surface area contributed by atoms with Crippen LogP contribution in [0.1, 0.15) is 36.6 Å². The number of alkyl halides is 9. The highest BCUT2D eigenvalue weighted by molar-refractivity contribution is 7.90. The van der Waals surface area contributed by atoms with Gasteiger partial charge in [0.05, 0.1) is 54.1 Å². The Morgan fingerprint density at radius 3 is 2.04 bits per heavy atom. The predicted molar refractivity (Wildman–Crippen MR) is 157 cm³/mol. The molecule has 0 N–H and O–H groups in total. The molecule has 8 nitrogen and oxygen atoms in total. The minimum Gasteiger partial charge on any atom is -0.489 e. The van der Waals surface area contributed by atoms with Crippen molar-refractivity contribution < 1.29 is 57.4 Å². The van der Waals surface area contributed by atoms with Crippen LogP contribution in [0, 0.1) is 5.92 Å². The second-order valence-electron chi connectivity index (χ2n) is 11.7. The highest BCUT2D eigenvalue weighted by Crippen LogP contribution is 2.42. The molecule has 1 aliphatic heterocycles. The van der Waals surface area contributed by atoms with E-state index >= 15 is 0 Å². The Kier molecular flexibility index (Phi) is 10.8. The first-order valence-electron chi connectivity index (χ1n) is 14.6. The van der Waals surface area contributed by atoms with Gasteiger partial charge in [-0.1, -0.05) is 18.2 Å². The Balaban J connectivity index is 1.82. The van der Waals surface area contributed by atoms with Gasteiger partial charge in [0.2, 0.25) is 5.95 Å². The van der Waals surface area contributed by atoms with E-state index in [4.69, 9.17) is 9.47 Å². The van der Waals surface area contributed by atoms with Crippen molar-refractivity contribution in [3.8, 4) is 5.75 Å². The quantitative estimate of drug-likeness (QED) is 0.266. The van der Waals surface area contributed by atoms with E-state index in [-0.39, 0.29) is 36.7 Å². The molecule has 1 fully saturated rings. The normalized spacial score (nSPS) is 21.9. The van der Waals surface area contributed by atoms with Crippen LogP contribution in [-0.2, 0) is 26.9 Å². The number of nitrogens with zero attached hydrogens (tertiary/aromatic N) is 4. The van der Waals surface area contributed by atoms with Gasteiger partial charge in [-0.15, -0.1) is 0 Å². The maximum absolute atomic E-state index is 14.0. The zero-order valence-electron chi connectivity index (χ0n) is 26.0. The first-order valence-corrected chi connectivity index (χ1v) is 16.6. The molecule has 0 amide bonds. The fraction of sp³-hybridized carbons (Fsp3) is 0.533. The molecule has 0 saturated carbocycles. The monoisotopic (exact) mass is 716 g/mol. The summed E-state index contributed by atoms with van der Waals surface area (Å²) in [6, 6.07) is -0.240. The number of sulfone groups is 1. The van der Waals surface area contributed by atoms with Gasteiger partial charge >= 0.3 is 18.5 Å². The second kappa shape index (κ2) is 13.9. The fourth-order valence-electron chi connectivity index (χ4n) is 5.50. The van der Waals surface area contributed by atoms with Gasteiger partial charge in [0.15, 0.2) is 15.6 Å². The van der Waals surface area contributed by atoms with Crippen molar-refractivity contribution in [2.75, 3.05) is 56.4 Å². The van der Waals surface area contributed by atoms with Gasteiger partial charge in [0.1, 0.15) is 6.61 Å². The minimum atomic E-state index is -5.14. The van der Waals surface area contributed by atoms with Crippen molar-refractivity contribution in [3.05, 3.63) is 71.1 Å².